The quantitative estimate of drug-likeness (QED) is 0.442. The average molecular weight is 483 g/mol. The second-order valence-electron chi connectivity index (χ2n) is 9.08. The molecule has 0 saturated carbocycles. The molecule has 188 valence electrons. The molecule has 1 aromatic heterocycles. The smallest absolute Gasteiger partial charge is 0.207 e. The van der Waals surface area contributed by atoms with Gasteiger partial charge in [-0.1, -0.05) is 12.1 Å². The van der Waals surface area contributed by atoms with E-state index in [1.54, 1.807) is 38.3 Å². The van der Waals surface area contributed by atoms with Crippen molar-refractivity contribution in [3.05, 3.63) is 53.6 Å². The molecule has 1 aliphatic heterocycles. The predicted octanol–water partition coefficient (Wildman–Crippen LogP) is 3.77. The molecule has 1 saturated heterocycles. The Morgan fingerprint density at radius 1 is 1.23 bits per heavy atom. The first-order chi connectivity index (χ1) is 16.8. The lowest BCUT2D eigenvalue weighted by Crippen LogP contribution is -2.48. The highest BCUT2D eigenvalue weighted by Gasteiger charge is 2.26. The summed E-state index contributed by atoms with van der Waals surface area (Å²) in [5.74, 6) is 0.753. The van der Waals surface area contributed by atoms with Crippen LogP contribution in [0.5, 0.6) is 5.75 Å². The fraction of sp³-hybridized carbons (Fsp3) is 0.423. The second kappa shape index (κ2) is 11.9. The third-order valence-electron chi connectivity index (χ3n) is 6.55. The first-order valence-corrected chi connectivity index (χ1v) is 11.7. The number of piperidine rings is 1. The van der Waals surface area contributed by atoms with Gasteiger partial charge in [0.2, 0.25) is 6.41 Å². The van der Waals surface area contributed by atoms with Crippen LogP contribution >= 0.6 is 0 Å². The van der Waals surface area contributed by atoms with E-state index in [-0.39, 0.29) is 5.82 Å². The van der Waals surface area contributed by atoms with E-state index < -0.39 is 0 Å². The number of rotatable bonds is 7. The monoisotopic (exact) mass is 482 g/mol. The molecule has 0 aliphatic carbocycles. The zero-order valence-electron chi connectivity index (χ0n) is 21.1. The van der Waals surface area contributed by atoms with Crippen LogP contribution in [-0.4, -0.2) is 61.1 Å². The number of nitrogens with one attached hydrogen (secondary N) is 3. The van der Waals surface area contributed by atoms with E-state index >= 15 is 0 Å². The minimum Gasteiger partial charge on any atom is -0.496 e. The summed E-state index contributed by atoms with van der Waals surface area (Å²) in [7, 11) is 5.80. The lowest BCUT2D eigenvalue weighted by Gasteiger charge is -2.37. The molecule has 2 aromatic carbocycles. The molecule has 0 radical (unpaired) electrons. The van der Waals surface area contributed by atoms with Crippen LogP contribution in [0.3, 0.4) is 0 Å². The van der Waals surface area contributed by atoms with Crippen LogP contribution in [0.1, 0.15) is 30.9 Å². The van der Waals surface area contributed by atoms with Crippen LogP contribution in [0.15, 0.2) is 36.7 Å². The summed E-state index contributed by atoms with van der Waals surface area (Å²) in [5, 5.41) is 9.70. The Kier molecular flexibility index (Phi) is 8.95. The molecule has 8 nitrogen and oxygen atoms in total. The number of likely N-dealkylation sites (tertiary alicyclic amines) is 1. The van der Waals surface area contributed by atoms with Crippen molar-refractivity contribution in [2.75, 3.05) is 39.6 Å². The van der Waals surface area contributed by atoms with Crippen molar-refractivity contribution in [2.45, 2.75) is 38.8 Å². The van der Waals surface area contributed by atoms with Crippen molar-refractivity contribution in [2.24, 2.45) is 0 Å². The van der Waals surface area contributed by atoms with Crippen LogP contribution < -0.4 is 20.7 Å². The number of carbonyl (C=O) groups is 1. The summed E-state index contributed by atoms with van der Waals surface area (Å²) in [4.78, 5) is 21.4. The lowest BCUT2D eigenvalue weighted by atomic mass is 9.90. The maximum atomic E-state index is 14.3. The van der Waals surface area contributed by atoms with Crippen LogP contribution in [0.25, 0.3) is 10.9 Å². The number of aromatic nitrogens is 2. The molecular weight excluding hydrogens is 447 g/mol. The van der Waals surface area contributed by atoms with E-state index in [1.807, 2.05) is 6.07 Å². The van der Waals surface area contributed by atoms with Crippen molar-refractivity contribution in [3.8, 4) is 5.75 Å². The fourth-order valence-corrected chi connectivity index (χ4v) is 3.94. The van der Waals surface area contributed by atoms with Gasteiger partial charge in [-0.05, 0) is 71.6 Å². The third kappa shape index (κ3) is 6.64. The fourth-order valence-electron chi connectivity index (χ4n) is 3.94. The molecule has 0 unspecified atom stereocenters. The molecule has 0 atom stereocenters. The van der Waals surface area contributed by atoms with Crippen LogP contribution in [0, 0.1) is 12.7 Å². The number of hydrogen-bond acceptors (Lipinski definition) is 7. The molecule has 1 aliphatic rings. The summed E-state index contributed by atoms with van der Waals surface area (Å²) >= 11 is 0. The zero-order valence-corrected chi connectivity index (χ0v) is 21.1. The van der Waals surface area contributed by atoms with Crippen LogP contribution in [-0.2, 0) is 11.3 Å². The Morgan fingerprint density at radius 3 is 2.63 bits per heavy atom. The Morgan fingerprint density at radius 2 is 1.97 bits per heavy atom. The van der Waals surface area contributed by atoms with Crippen molar-refractivity contribution < 1.29 is 13.9 Å². The zero-order chi connectivity index (χ0) is 25.4. The highest BCUT2D eigenvalue weighted by molar-refractivity contribution is 5.92. The third-order valence-corrected chi connectivity index (χ3v) is 6.55. The van der Waals surface area contributed by atoms with Gasteiger partial charge in [0.15, 0.2) is 0 Å². The molecule has 4 rings (SSSR count). The van der Waals surface area contributed by atoms with Gasteiger partial charge in [-0.15, -0.1) is 0 Å². The van der Waals surface area contributed by atoms with Gasteiger partial charge in [0, 0.05) is 29.1 Å². The molecule has 0 spiro atoms. The first-order valence-electron chi connectivity index (χ1n) is 11.7. The number of hydrogen-bond donors (Lipinski definition) is 3. The number of fused-ring (bicyclic) bond motifs is 1. The first kappa shape index (κ1) is 26.3. The molecule has 35 heavy (non-hydrogen) atoms. The average Bonchev–Trinajstić information content (AvgIpc) is 2.87. The Labute approximate surface area is 206 Å². The SMILES string of the molecule is CNC1(C)CCN(C)CC1.COc1cc2ncnc(Nc3cccc(C)c3F)c2cc1CNC=O. The molecule has 3 aromatic rings. The minimum atomic E-state index is -0.328. The lowest BCUT2D eigenvalue weighted by molar-refractivity contribution is -0.109. The van der Waals surface area contributed by atoms with Crippen LogP contribution in [0.2, 0.25) is 0 Å². The van der Waals surface area contributed by atoms with E-state index in [0.29, 0.717) is 52.2 Å². The van der Waals surface area contributed by atoms with Gasteiger partial charge in [-0.3, -0.25) is 4.79 Å². The summed E-state index contributed by atoms with van der Waals surface area (Å²) in [6, 6.07) is 8.70. The van der Waals surface area contributed by atoms with E-state index in [0.717, 1.165) is 5.56 Å². The normalized spacial score (nSPS) is 15.1. The van der Waals surface area contributed by atoms with E-state index in [4.69, 9.17) is 4.74 Å². The van der Waals surface area contributed by atoms with E-state index in [2.05, 4.69) is 51.8 Å². The topological polar surface area (TPSA) is 91.4 Å². The molecule has 3 N–H and O–H groups in total. The number of carbonyl (C=O) groups excluding carboxylic acids is 1. The van der Waals surface area contributed by atoms with Gasteiger partial charge in [0.25, 0.3) is 0 Å². The van der Waals surface area contributed by atoms with E-state index in [1.165, 1.54) is 32.3 Å². The largest absolute Gasteiger partial charge is 0.496 e. The van der Waals surface area contributed by atoms with Crippen molar-refractivity contribution in [1.29, 1.82) is 0 Å². The Balaban J connectivity index is 0.000000287. The van der Waals surface area contributed by atoms with Crippen LogP contribution in [0.4, 0.5) is 15.9 Å². The van der Waals surface area contributed by atoms with Crippen molar-refractivity contribution in [1.82, 2.24) is 25.5 Å². The van der Waals surface area contributed by atoms with Crippen molar-refractivity contribution in [3.63, 3.8) is 0 Å². The molecule has 1 fully saturated rings. The van der Waals surface area contributed by atoms with Gasteiger partial charge >= 0.3 is 0 Å². The van der Waals surface area contributed by atoms with Gasteiger partial charge < -0.3 is 25.6 Å². The van der Waals surface area contributed by atoms with Gasteiger partial charge in [-0.25, -0.2) is 14.4 Å². The standard InChI is InChI=1S/C18H17FN4O2.C8H18N2/c1-11-4-3-5-14(17(11)19)23-18-13-6-12(8-20-10-24)16(25-2)7-15(13)21-9-22-18;1-8(9-2)4-6-10(3)7-5-8/h3-7,9-10H,8H2,1-2H3,(H,20,24)(H,21,22,23);9H,4-7H2,1-3H3. The van der Waals surface area contributed by atoms with Gasteiger partial charge in [-0.2, -0.15) is 0 Å². The number of methoxy groups -OCH3 is 1. The summed E-state index contributed by atoms with van der Waals surface area (Å²) in [5.41, 5.74) is 2.71. The molecule has 2 heterocycles. The summed E-state index contributed by atoms with van der Waals surface area (Å²) in [6.07, 6.45) is 4.58. The number of anilines is 2. The number of benzene rings is 2. The predicted molar refractivity (Wildman–Crippen MR) is 138 cm³/mol. The number of amides is 1. The maximum absolute atomic E-state index is 14.3. The summed E-state index contributed by atoms with van der Waals surface area (Å²) in [6.45, 7) is 6.77. The van der Waals surface area contributed by atoms with Gasteiger partial charge in [0.05, 0.1) is 18.3 Å². The molecular formula is C26H35FN6O2. The Hall–Kier alpha value is -3.30. The maximum Gasteiger partial charge on any atom is 0.207 e. The molecule has 9 heteroatoms. The highest BCUT2D eigenvalue weighted by Crippen LogP contribution is 2.30. The second-order valence-corrected chi connectivity index (χ2v) is 9.08. The number of nitrogens with zero attached hydrogens (tertiary/aromatic N) is 3. The molecule has 0 bridgehead atoms. The number of halogens is 1. The highest BCUT2D eigenvalue weighted by atomic mass is 19.1. The number of aryl methyl sites for hydroxylation is 1. The van der Waals surface area contributed by atoms with Gasteiger partial charge in [0.1, 0.15) is 23.7 Å². The van der Waals surface area contributed by atoms with Crippen molar-refractivity contribution >= 4 is 28.8 Å². The molecule has 1 amide bonds. The van der Waals surface area contributed by atoms with E-state index in [9.17, 15) is 9.18 Å². The summed E-state index contributed by atoms with van der Waals surface area (Å²) < 4.78 is 19.6. The number of ether oxygens (including phenoxy) is 1. The Bertz CT molecular complexity index is 1150. The minimum absolute atomic E-state index is 0.301.